The molecule has 0 aliphatic carbocycles. The predicted molar refractivity (Wildman–Crippen MR) is 295 cm³/mol. The van der Waals surface area contributed by atoms with E-state index in [9.17, 15) is 31.2 Å². The van der Waals surface area contributed by atoms with Gasteiger partial charge in [-0.25, -0.2) is 46.1 Å². The zero-order valence-corrected chi connectivity index (χ0v) is 45.7. The van der Waals surface area contributed by atoms with Crippen LogP contribution in [0.1, 0.15) is 87.5 Å². The molecular weight excluding hydrogens is 1040 g/mol. The van der Waals surface area contributed by atoms with Gasteiger partial charge in [-0.2, -0.15) is 15.3 Å². The van der Waals surface area contributed by atoms with Crippen molar-refractivity contribution in [3.8, 4) is 33.8 Å². The molecule has 0 atom stereocenters. The summed E-state index contributed by atoms with van der Waals surface area (Å²) in [5, 5.41) is 31.9. The molecule has 3 aromatic heterocycles. The summed E-state index contributed by atoms with van der Waals surface area (Å²) in [4.78, 5) is 40.3. The zero-order chi connectivity index (χ0) is 56.5. The lowest BCUT2D eigenvalue weighted by Crippen LogP contribution is -2.46. The van der Waals surface area contributed by atoms with Crippen molar-refractivity contribution >= 4 is 33.9 Å². The molecule has 0 spiro atoms. The van der Waals surface area contributed by atoms with Crippen molar-refractivity contribution in [3.63, 3.8) is 0 Å². The lowest BCUT2D eigenvalue weighted by Gasteiger charge is -2.32. The number of hydrogen-bond donors (Lipinski definition) is 4. The van der Waals surface area contributed by atoms with Crippen LogP contribution in [0.25, 0.3) is 33.8 Å². The molecule has 426 valence electrons. The van der Waals surface area contributed by atoms with Crippen LogP contribution in [0, 0.1) is 17.5 Å². The van der Waals surface area contributed by atoms with E-state index in [2.05, 4.69) is 66.4 Å². The molecule has 79 heavy (non-hydrogen) atoms. The Kier molecular flexibility index (Phi) is 22.8. The van der Waals surface area contributed by atoms with Gasteiger partial charge in [0.25, 0.3) is 5.16 Å². The summed E-state index contributed by atoms with van der Waals surface area (Å²) in [7, 11) is -3.50. The maximum atomic E-state index is 13.1. The largest absolute Gasteiger partial charge is 0.444 e. The lowest BCUT2D eigenvalue weighted by molar-refractivity contribution is 0.0484. The number of sulfone groups is 1. The Hall–Kier alpha value is -7.51. The van der Waals surface area contributed by atoms with E-state index in [0.29, 0.717) is 47.6 Å². The minimum Gasteiger partial charge on any atom is -0.444 e. The Morgan fingerprint density at radius 3 is 1.28 bits per heavy atom. The highest BCUT2D eigenvalue weighted by atomic mass is 32.2. The van der Waals surface area contributed by atoms with Crippen LogP contribution in [0.2, 0.25) is 0 Å². The molecule has 21 nitrogen and oxygen atoms in total. The monoisotopic (exact) mass is 1120 g/mol. The molecule has 9 rings (SSSR count). The van der Waals surface area contributed by atoms with Crippen molar-refractivity contribution in [2.24, 2.45) is 5.73 Å². The molecule has 0 bridgehead atoms. The van der Waals surface area contributed by atoms with Crippen molar-refractivity contribution in [1.82, 2.24) is 61.5 Å². The molecule has 2 amide bonds. The van der Waals surface area contributed by atoms with Gasteiger partial charge in [-0.05, 0) is 166 Å². The van der Waals surface area contributed by atoms with Crippen molar-refractivity contribution in [2.75, 3.05) is 55.3 Å². The first-order valence-electron chi connectivity index (χ1n) is 25.5. The first-order chi connectivity index (χ1) is 37.0. The number of piperidine rings is 3. The summed E-state index contributed by atoms with van der Waals surface area (Å²) >= 11 is 0. The fourth-order valence-corrected chi connectivity index (χ4v) is 8.28. The Morgan fingerprint density at radius 1 is 0.570 bits per heavy atom. The zero-order valence-electron chi connectivity index (χ0n) is 44.9. The second-order valence-corrected chi connectivity index (χ2v) is 22.5. The molecule has 3 aliphatic heterocycles. The molecule has 6 aromatic rings. The number of benzene rings is 3. The van der Waals surface area contributed by atoms with Crippen LogP contribution in [0.15, 0.2) is 96.5 Å². The van der Waals surface area contributed by atoms with Gasteiger partial charge in [0.2, 0.25) is 21.7 Å². The van der Waals surface area contributed by atoms with E-state index < -0.39 is 27.1 Å². The smallest absolute Gasteiger partial charge is 0.407 e. The van der Waals surface area contributed by atoms with Crippen LogP contribution in [-0.4, -0.2) is 141 Å². The van der Waals surface area contributed by atoms with Crippen molar-refractivity contribution in [3.05, 3.63) is 109 Å². The molecule has 3 fully saturated rings. The van der Waals surface area contributed by atoms with Crippen LogP contribution in [0.5, 0.6) is 0 Å². The second-order valence-electron chi connectivity index (χ2n) is 20.6. The normalized spacial score (nSPS) is 15.3. The van der Waals surface area contributed by atoms with Crippen LogP contribution in [-0.2, 0) is 19.3 Å². The molecule has 0 unspecified atom stereocenters. The van der Waals surface area contributed by atoms with E-state index in [1.807, 2.05) is 46.4 Å². The van der Waals surface area contributed by atoms with Gasteiger partial charge < -0.3 is 41.0 Å². The third kappa shape index (κ3) is 21.3. The minimum atomic E-state index is -3.50. The number of nitrogens with one attached hydrogen (secondary N) is 3. The molecule has 5 N–H and O–H groups in total. The summed E-state index contributed by atoms with van der Waals surface area (Å²) < 4.78 is 71.7. The molecule has 0 radical (unpaired) electrons. The number of amides is 2. The number of carbonyl (C=O) groups excluding carboxylic acids is 2. The van der Waals surface area contributed by atoms with Gasteiger partial charge in [0.15, 0.2) is 0 Å². The Labute approximate surface area is 460 Å². The van der Waals surface area contributed by atoms with Crippen molar-refractivity contribution in [1.29, 1.82) is 0 Å². The highest BCUT2D eigenvalue weighted by Gasteiger charge is 2.26. The number of hydrogen-bond acceptors (Lipinski definition) is 19. The lowest BCUT2D eigenvalue weighted by atomic mass is 10.1. The first kappa shape index (κ1) is 62.3. The summed E-state index contributed by atoms with van der Waals surface area (Å²) in [5.41, 5.74) is 8.85. The molecule has 3 aliphatic rings. The van der Waals surface area contributed by atoms with Gasteiger partial charge in [-0.3, -0.25) is 0 Å². The van der Waals surface area contributed by atoms with Gasteiger partial charge in [-0.15, -0.1) is 15.3 Å². The number of rotatable bonds is 8. The Balaban J connectivity index is 0.000000199. The van der Waals surface area contributed by atoms with Crippen LogP contribution >= 0.6 is 0 Å². The van der Waals surface area contributed by atoms with Crippen LogP contribution < -0.4 is 31.5 Å². The van der Waals surface area contributed by atoms with Crippen LogP contribution in [0.3, 0.4) is 0 Å². The standard InChI is InChI=1S/C19H24FN5O2.C14H16FN5.C10H8FN3O2S.C10H20N2O2.CH4/c1-19(2,3)27-18(26)22-15-8-10-25(11-9-15)17-23-16(12-21-24-17)13-4-6-14(20)7-5-13;15-11-3-1-10(2-4-11)13-9-17-19-14(18-13)20-7-5-12(16)6-8-20;1-17(15,16)10-13-9(6-12-14-10)7-2-4-8(11)5-3-7;1-10(2,3)14-9(13)12-8-4-6-11-7-5-8;/h4-7,12,15H,8-11H2,1-3H3,(H,22,26);1-4,9,12H,5-8,16H2;2-6H,1H3;8,11H,4-7H2,1-3H3,(H,12,13);1H4. The molecule has 0 saturated carbocycles. The summed E-state index contributed by atoms with van der Waals surface area (Å²) in [6.07, 6.45) is 10.2. The van der Waals surface area contributed by atoms with E-state index in [1.165, 1.54) is 54.7 Å². The predicted octanol–water partition coefficient (Wildman–Crippen LogP) is 7.76. The van der Waals surface area contributed by atoms with E-state index in [0.717, 1.165) is 82.1 Å². The van der Waals surface area contributed by atoms with Gasteiger partial charge >= 0.3 is 12.2 Å². The first-order valence-corrected chi connectivity index (χ1v) is 27.4. The van der Waals surface area contributed by atoms with Crippen molar-refractivity contribution in [2.45, 2.75) is 122 Å². The van der Waals surface area contributed by atoms with E-state index in [4.69, 9.17) is 15.2 Å². The highest BCUT2D eigenvalue weighted by molar-refractivity contribution is 7.90. The number of nitrogens with two attached hydrogens (primary N) is 1. The van der Waals surface area contributed by atoms with E-state index in [1.54, 1.807) is 36.7 Å². The Bertz CT molecular complexity index is 2970. The average Bonchev–Trinajstić information content (AvgIpc) is 3.40. The van der Waals surface area contributed by atoms with E-state index >= 15 is 0 Å². The molecule has 3 aromatic carbocycles. The van der Waals surface area contributed by atoms with Gasteiger partial charge in [0.1, 0.15) is 28.7 Å². The van der Waals surface area contributed by atoms with Crippen molar-refractivity contribution < 1.29 is 40.7 Å². The number of alkyl carbamates (subject to hydrolysis) is 2. The van der Waals surface area contributed by atoms with Gasteiger partial charge in [0, 0.05) is 67.3 Å². The summed E-state index contributed by atoms with van der Waals surface area (Å²) in [6, 6.07) is 18.4. The number of aromatic nitrogens is 9. The van der Waals surface area contributed by atoms with Gasteiger partial charge in [0.05, 0.1) is 35.7 Å². The highest BCUT2D eigenvalue weighted by Crippen LogP contribution is 2.23. The molecule has 3 saturated heterocycles. The third-order valence-electron chi connectivity index (χ3n) is 11.8. The number of ether oxygens (including phenoxy) is 2. The maximum absolute atomic E-state index is 13.1. The Morgan fingerprint density at radius 2 is 0.911 bits per heavy atom. The van der Waals surface area contributed by atoms with Crippen LogP contribution in [0.4, 0.5) is 34.7 Å². The topological polar surface area (TPSA) is 271 Å². The number of halogens is 3. The number of nitrogens with zero attached hydrogens (tertiary/aromatic N) is 11. The molecular formula is C54H72F3N15O6S. The summed E-state index contributed by atoms with van der Waals surface area (Å²) in [6.45, 7) is 16.2. The number of carbonyl (C=O) groups is 2. The quantitative estimate of drug-likeness (QED) is 0.113. The number of anilines is 2. The molecule has 25 heteroatoms. The average molecular weight is 1120 g/mol. The third-order valence-corrected chi connectivity index (χ3v) is 12.6. The molecule has 6 heterocycles. The SMILES string of the molecule is C.CC(C)(C)OC(=O)NC1CCN(c2nncc(-c3ccc(F)cc3)n2)CC1.CC(C)(C)OC(=O)NC1CCNCC1.CS(=O)(=O)c1nncc(-c2ccc(F)cc2)n1.NC1CCN(c2nncc(-c3ccc(F)cc3)n2)CC1. The van der Waals surface area contributed by atoms with E-state index in [-0.39, 0.29) is 54.3 Å². The fourth-order valence-electron chi connectivity index (χ4n) is 7.82. The summed E-state index contributed by atoms with van der Waals surface area (Å²) in [5.74, 6) is 0.215. The van der Waals surface area contributed by atoms with Gasteiger partial charge in [-0.1, -0.05) is 7.43 Å². The second kappa shape index (κ2) is 28.9. The maximum Gasteiger partial charge on any atom is 0.407 e. The fraction of sp³-hybridized carbons (Fsp3) is 0.463. The minimum absolute atomic E-state index is 0.